The molecule has 0 aromatic heterocycles. The van der Waals surface area contributed by atoms with Crippen molar-refractivity contribution in [2.75, 3.05) is 35.5 Å². The van der Waals surface area contributed by atoms with E-state index in [0.717, 1.165) is 44.9 Å². The van der Waals surface area contributed by atoms with Crippen molar-refractivity contribution in [2.45, 2.75) is 286 Å². The van der Waals surface area contributed by atoms with Gasteiger partial charge in [0.1, 0.15) is 36.3 Å². The van der Waals surface area contributed by atoms with Crippen molar-refractivity contribution in [2.24, 2.45) is 28.6 Å². The van der Waals surface area contributed by atoms with Gasteiger partial charge in [-0.2, -0.15) is 0 Å². The molecule has 430 valence electrons. The highest BCUT2D eigenvalue weighted by molar-refractivity contribution is 5.88. The van der Waals surface area contributed by atoms with Gasteiger partial charge in [0.2, 0.25) is 0 Å². The second kappa shape index (κ2) is 23.1. The fourth-order valence-corrected chi connectivity index (χ4v) is 16.0. The maximum atomic E-state index is 13.4. The van der Waals surface area contributed by atoms with Crippen LogP contribution in [0.5, 0.6) is 0 Å². The first kappa shape index (κ1) is 57.2. The Bertz CT molecular complexity index is 1920. The monoisotopic (exact) mass is 1070 g/mol. The van der Waals surface area contributed by atoms with E-state index in [0.29, 0.717) is 50.2 Å². The van der Waals surface area contributed by atoms with E-state index in [4.69, 9.17) is 80.5 Å². The zero-order chi connectivity index (χ0) is 53.3. The van der Waals surface area contributed by atoms with E-state index in [2.05, 4.69) is 20.8 Å². The fourth-order valence-electron chi connectivity index (χ4n) is 16.0. The highest BCUT2D eigenvalue weighted by atomic mass is 16.8. The Hall–Kier alpha value is -1.05. The Morgan fingerprint density at radius 2 is 0.907 bits per heavy atom. The van der Waals surface area contributed by atoms with Gasteiger partial charge in [0.25, 0.3) is 0 Å². The lowest BCUT2D eigenvalue weighted by Gasteiger charge is -2.57. The van der Waals surface area contributed by atoms with E-state index >= 15 is 0 Å². The van der Waals surface area contributed by atoms with Gasteiger partial charge in [-0.25, -0.2) is 0 Å². The third kappa shape index (κ3) is 10.9. The molecule has 19 nitrogen and oxygen atoms in total. The summed E-state index contributed by atoms with van der Waals surface area (Å²) in [5.74, 6) is 0.678. The summed E-state index contributed by atoms with van der Waals surface area (Å²) in [5, 5.41) is 10.5. The Balaban J connectivity index is 0.690. The van der Waals surface area contributed by atoms with Crippen molar-refractivity contribution in [1.82, 2.24) is 0 Å². The first-order valence-electron chi connectivity index (χ1n) is 28.6. The molecule has 3 aliphatic carbocycles. The standard InChI is InChI=1S/C56H92O19/c1-27-35-14-15-42(57)55(35,8)43-26-41-54(7)18-17-34(20-33(54)16-19-56(41,74-27)75-43)69-44-22-37(60-10)50(29(3)65-44)71-46-24-39(62-12)52(31(5)67-46)73-48-25-40(63-13)53(32(6)68-48)72-47-23-38(61-11)51(30(4)66-47)70-45-21-36(59-9)49(58)28(2)64-45/h27-41,43-53,58H,14-26H2,1-13H3/t27-,28+,29+,30+,31+,32+,33-,34-,35-,36+,37+,38+,39-,40+,41+,43+,44-,45-,46-,47-,48-,49+,50+,51+,52+,53+,54-,55+,56-/m0/s1. The normalized spacial score (nSPS) is 54.2. The molecular weight excluding hydrogens is 977 g/mol. The Kier molecular flexibility index (Phi) is 17.6. The van der Waals surface area contributed by atoms with Crippen molar-refractivity contribution < 1.29 is 90.4 Å². The van der Waals surface area contributed by atoms with Crippen LogP contribution in [0.2, 0.25) is 0 Å². The molecule has 10 aliphatic rings. The predicted octanol–water partition coefficient (Wildman–Crippen LogP) is 6.13. The number of carbonyl (C=O) groups excluding carboxylic acids is 1. The molecule has 0 aromatic rings. The van der Waals surface area contributed by atoms with Crippen LogP contribution in [0.25, 0.3) is 0 Å². The maximum absolute atomic E-state index is 13.4. The number of rotatable bonds is 15. The third-order valence-electron chi connectivity index (χ3n) is 20.3. The minimum atomic E-state index is -0.740. The van der Waals surface area contributed by atoms with Crippen LogP contribution in [-0.2, 0) is 85.3 Å². The van der Waals surface area contributed by atoms with E-state index < -0.39 is 104 Å². The summed E-state index contributed by atoms with van der Waals surface area (Å²) >= 11 is 0. The Morgan fingerprint density at radius 1 is 0.480 bits per heavy atom. The largest absolute Gasteiger partial charge is 0.388 e. The minimum Gasteiger partial charge on any atom is -0.388 e. The van der Waals surface area contributed by atoms with Crippen LogP contribution in [0.15, 0.2) is 0 Å². The van der Waals surface area contributed by atoms with Gasteiger partial charge in [-0.1, -0.05) is 6.92 Å². The lowest BCUT2D eigenvalue weighted by Crippen LogP contribution is -2.58. The molecule has 0 aromatic carbocycles. The van der Waals surface area contributed by atoms with Gasteiger partial charge in [0.15, 0.2) is 37.2 Å². The molecule has 0 amide bonds. The van der Waals surface area contributed by atoms with E-state index in [1.165, 1.54) is 0 Å². The zero-order valence-corrected chi connectivity index (χ0v) is 47.0. The molecule has 7 saturated heterocycles. The molecule has 3 saturated carbocycles. The molecule has 10 rings (SSSR count). The molecule has 19 heteroatoms. The van der Waals surface area contributed by atoms with Crippen molar-refractivity contribution in [3.8, 4) is 0 Å². The Morgan fingerprint density at radius 3 is 1.36 bits per heavy atom. The summed E-state index contributed by atoms with van der Waals surface area (Å²) in [4.78, 5) is 13.4. The number of ketones is 1. The van der Waals surface area contributed by atoms with Crippen LogP contribution in [0, 0.1) is 28.6 Å². The second-order valence-corrected chi connectivity index (χ2v) is 24.5. The van der Waals surface area contributed by atoms with Gasteiger partial charge in [-0.15, -0.1) is 0 Å². The summed E-state index contributed by atoms with van der Waals surface area (Å²) in [6.45, 7) is 16.5. The molecule has 0 unspecified atom stereocenters. The lowest BCUT2D eigenvalue weighted by molar-refractivity contribution is -0.352. The quantitative estimate of drug-likeness (QED) is 0.184. The fraction of sp³-hybridized carbons (Fsp3) is 0.982. The average Bonchev–Trinajstić information content (AvgIpc) is 3.94. The van der Waals surface area contributed by atoms with Crippen molar-refractivity contribution in [3.63, 3.8) is 0 Å². The summed E-state index contributed by atoms with van der Waals surface area (Å²) in [7, 11) is 8.29. The van der Waals surface area contributed by atoms with E-state index in [9.17, 15) is 9.90 Å². The number of hydrogen-bond acceptors (Lipinski definition) is 19. The molecule has 29 atom stereocenters. The van der Waals surface area contributed by atoms with Gasteiger partial charge in [0.05, 0.1) is 84.8 Å². The summed E-state index contributed by atoms with van der Waals surface area (Å²) in [5.41, 5.74) is -0.431. The molecule has 1 N–H and O–H groups in total. The molecule has 10 fully saturated rings. The first-order valence-corrected chi connectivity index (χ1v) is 28.6. The number of methoxy groups -OCH3 is 5. The van der Waals surface area contributed by atoms with E-state index in [1.807, 2.05) is 27.7 Å². The number of aliphatic hydroxyl groups excluding tert-OH is 1. The zero-order valence-electron chi connectivity index (χ0n) is 47.0. The van der Waals surface area contributed by atoms with Crippen LogP contribution in [0.4, 0.5) is 0 Å². The van der Waals surface area contributed by atoms with Gasteiger partial charge in [0, 0.05) is 92.3 Å². The van der Waals surface area contributed by atoms with Crippen LogP contribution < -0.4 is 0 Å². The molecular formula is C56H92O19. The van der Waals surface area contributed by atoms with Crippen LogP contribution in [0.1, 0.15) is 139 Å². The maximum Gasteiger partial charge on any atom is 0.172 e. The number of fused-ring (bicyclic) bond motifs is 5. The minimum absolute atomic E-state index is 0.00103. The molecule has 1 spiro atoms. The number of aliphatic hydroxyl groups is 1. The smallest absolute Gasteiger partial charge is 0.172 e. The van der Waals surface area contributed by atoms with E-state index in [-0.39, 0.29) is 66.1 Å². The van der Waals surface area contributed by atoms with Gasteiger partial charge in [-0.3, -0.25) is 4.79 Å². The Labute approximate surface area is 445 Å². The number of carbonyl (C=O) groups is 1. The summed E-state index contributed by atoms with van der Waals surface area (Å²) < 4.78 is 109. The topological polar surface area (TPSA) is 194 Å². The predicted molar refractivity (Wildman–Crippen MR) is 266 cm³/mol. The highest BCUT2D eigenvalue weighted by Gasteiger charge is 2.70. The average molecular weight is 1070 g/mol. The molecule has 0 radical (unpaired) electrons. The summed E-state index contributed by atoms with van der Waals surface area (Å²) in [6, 6.07) is 0. The second-order valence-electron chi connectivity index (χ2n) is 24.5. The van der Waals surface area contributed by atoms with Crippen molar-refractivity contribution >= 4 is 5.78 Å². The number of hydrogen-bond donors (Lipinski definition) is 1. The van der Waals surface area contributed by atoms with Crippen molar-refractivity contribution in [1.29, 1.82) is 0 Å². The third-order valence-corrected chi connectivity index (χ3v) is 20.3. The molecule has 7 aliphatic heterocycles. The van der Waals surface area contributed by atoms with Crippen molar-refractivity contribution in [3.05, 3.63) is 0 Å². The molecule has 75 heavy (non-hydrogen) atoms. The SMILES string of the molecule is CO[C@H]1C[C@H](O[C@@H]2[C@@H](C)O[C@@H](O[C@H]3CC[C@@]4(C)[C@@H](CC[C@@]56O[C@@H](C)[C@@H]7CCC(=O)[C@]7(C)[C@@H](C[C@@H]54)O6)C3)C[C@H]2OC)O[C@H](C)[C@H]1O[C@H]1C[C@@H](OC)[C@H](O[C@H]2C[C@@H](OC)[C@H](O[C@H]3C[C@@H](OC)[C@H](O)[C@@H](C)O3)[C@@H](C)O2)[C@@H](C)O1. The van der Waals surface area contributed by atoms with Gasteiger partial charge in [-0.05, 0) is 98.3 Å². The molecule has 7 heterocycles. The number of ether oxygens (including phenoxy) is 17. The number of Topliss-reactive ketones (excluding diaryl/α,β-unsaturated/α-hetero) is 1. The van der Waals surface area contributed by atoms with Crippen LogP contribution in [-0.4, -0.2) is 194 Å². The summed E-state index contributed by atoms with van der Waals surface area (Å²) in [6.07, 6.45) is 0.175. The van der Waals surface area contributed by atoms with E-state index in [1.54, 1.807) is 42.5 Å². The molecule has 2 bridgehead atoms. The van der Waals surface area contributed by atoms with Crippen LogP contribution in [0.3, 0.4) is 0 Å². The van der Waals surface area contributed by atoms with Gasteiger partial charge < -0.3 is 85.6 Å². The van der Waals surface area contributed by atoms with Crippen LogP contribution >= 0.6 is 0 Å². The first-order chi connectivity index (χ1) is 35.8. The van der Waals surface area contributed by atoms with Gasteiger partial charge >= 0.3 is 0 Å². The highest BCUT2D eigenvalue weighted by Crippen LogP contribution is 2.67. The lowest BCUT2D eigenvalue weighted by atomic mass is 9.52.